The maximum atomic E-state index is 5.39. The molecule has 1 aromatic heterocycles. The van der Waals surface area contributed by atoms with Crippen LogP contribution in [-0.4, -0.2) is 24.3 Å². The van der Waals surface area contributed by atoms with Crippen LogP contribution in [-0.2, 0) is 11.8 Å². The van der Waals surface area contributed by atoms with E-state index in [-0.39, 0.29) is 0 Å². The van der Waals surface area contributed by atoms with Gasteiger partial charge in [-0.15, -0.1) is 0 Å². The van der Waals surface area contributed by atoms with Gasteiger partial charge in [-0.2, -0.15) is 0 Å². The molecule has 0 saturated carbocycles. The summed E-state index contributed by atoms with van der Waals surface area (Å²) in [4.78, 5) is 0. The SMILES string of the molecule is Cn1cccc1[C@@H]1COCCN1. The highest BCUT2D eigenvalue weighted by atomic mass is 16.5. The highest BCUT2D eigenvalue weighted by Gasteiger charge is 2.16. The van der Waals surface area contributed by atoms with Crippen molar-refractivity contribution < 1.29 is 4.74 Å². The molecule has 0 spiro atoms. The summed E-state index contributed by atoms with van der Waals surface area (Å²) in [6.45, 7) is 2.58. The Morgan fingerprint density at radius 3 is 3.17 bits per heavy atom. The van der Waals surface area contributed by atoms with E-state index in [1.165, 1.54) is 5.69 Å². The molecule has 1 aliphatic rings. The minimum atomic E-state index is 0.374. The summed E-state index contributed by atoms with van der Waals surface area (Å²) in [6.07, 6.45) is 2.06. The van der Waals surface area contributed by atoms with Crippen molar-refractivity contribution in [1.82, 2.24) is 9.88 Å². The number of hydrogen-bond donors (Lipinski definition) is 1. The first-order valence-electron chi connectivity index (χ1n) is 4.30. The molecule has 0 amide bonds. The van der Waals surface area contributed by atoms with Crippen molar-refractivity contribution in [1.29, 1.82) is 0 Å². The topological polar surface area (TPSA) is 26.2 Å². The predicted octanol–water partition coefficient (Wildman–Crippen LogP) is 0.686. The average Bonchev–Trinajstić information content (AvgIpc) is 2.53. The summed E-state index contributed by atoms with van der Waals surface area (Å²) in [6, 6.07) is 4.57. The molecule has 1 N–H and O–H groups in total. The van der Waals surface area contributed by atoms with Crippen LogP contribution in [0.1, 0.15) is 11.7 Å². The molecule has 3 heteroatoms. The fraction of sp³-hybridized carbons (Fsp3) is 0.556. The van der Waals surface area contributed by atoms with Crippen LogP contribution in [0.4, 0.5) is 0 Å². The van der Waals surface area contributed by atoms with Crippen LogP contribution in [0.2, 0.25) is 0 Å². The zero-order valence-corrected chi connectivity index (χ0v) is 7.29. The zero-order valence-electron chi connectivity index (χ0n) is 7.29. The molecule has 0 unspecified atom stereocenters. The molecule has 1 fully saturated rings. The number of hydrogen-bond acceptors (Lipinski definition) is 2. The van der Waals surface area contributed by atoms with Crippen molar-refractivity contribution in [2.45, 2.75) is 6.04 Å². The van der Waals surface area contributed by atoms with E-state index in [2.05, 4.69) is 35.3 Å². The minimum absolute atomic E-state index is 0.374. The number of aromatic nitrogens is 1. The molecule has 1 atom stereocenters. The monoisotopic (exact) mass is 166 g/mol. The molecule has 2 rings (SSSR count). The highest BCUT2D eigenvalue weighted by molar-refractivity contribution is 5.12. The van der Waals surface area contributed by atoms with Gasteiger partial charge in [0, 0.05) is 25.5 Å². The molecule has 0 bridgehead atoms. The number of ether oxygens (including phenoxy) is 1. The molecule has 1 aliphatic heterocycles. The van der Waals surface area contributed by atoms with Crippen LogP contribution in [0.25, 0.3) is 0 Å². The molecular formula is C9H14N2O. The lowest BCUT2D eigenvalue weighted by Crippen LogP contribution is -2.35. The van der Waals surface area contributed by atoms with Crippen molar-refractivity contribution in [3.63, 3.8) is 0 Å². The van der Waals surface area contributed by atoms with Gasteiger partial charge in [0.15, 0.2) is 0 Å². The summed E-state index contributed by atoms with van der Waals surface area (Å²) >= 11 is 0. The van der Waals surface area contributed by atoms with Crippen molar-refractivity contribution >= 4 is 0 Å². The maximum absolute atomic E-state index is 5.39. The first-order valence-corrected chi connectivity index (χ1v) is 4.30. The number of nitrogens with zero attached hydrogens (tertiary/aromatic N) is 1. The second kappa shape index (κ2) is 3.29. The Morgan fingerprint density at radius 2 is 2.58 bits per heavy atom. The summed E-state index contributed by atoms with van der Waals surface area (Å²) in [7, 11) is 2.06. The van der Waals surface area contributed by atoms with Crippen molar-refractivity contribution in [2.24, 2.45) is 7.05 Å². The molecule has 0 radical (unpaired) electrons. The Bertz CT molecular complexity index is 251. The van der Waals surface area contributed by atoms with Gasteiger partial charge in [-0.3, -0.25) is 0 Å². The number of aryl methyl sites for hydroxylation is 1. The summed E-state index contributed by atoms with van der Waals surface area (Å²) < 4.78 is 7.52. The zero-order chi connectivity index (χ0) is 8.39. The lowest BCUT2D eigenvalue weighted by Gasteiger charge is -2.24. The highest BCUT2D eigenvalue weighted by Crippen LogP contribution is 2.14. The van der Waals surface area contributed by atoms with Crippen LogP contribution in [0.3, 0.4) is 0 Å². The van der Waals surface area contributed by atoms with Gasteiger partial charge >= 0.3 is 0 Å². The van der Waals surface area contributed by atoms with E-state index in [4.69, 9.17) is 4.74 Å². The summed E-state index contributed by atoms with van der Waals surface area (Å²) in [5.74, 6) is 0. The standard InChI is InChI=1S/C9H14N2O/c1-11-5-2-3-9(11)8-7-12-6-4-10-8/h2-3,5,8,10H,4,6-7H2,1H3/t8-/m0/s1. The van der Waals surface area contributed by atoms with E-state index in [9.17, 15) is 0 Å². The number of rotatable bonds is 1. The molecule has 66 valence electrons. The van der Waals surface area contributed by atoms with Crippen LogP contribution >= 0.6 is 0 Å². The van der Waals surface area contributed by atoms with Crippen LogP contribution in [0, 0.1) is 0 Å². The van der Waals surface area contributed by atoms with Crippen molar-refractivity contribution in [3.8, 4) is 0 Å². The van der Waals surface area contributed by atoms with E-state index in [1.807, 2.05) is 0 Å². The van der Waals surface area contributed by atoms with E-state index in [0.717, 1.165) is 19.8 Å². The first-order chi connectivity index (χ1) is 5.88. The van der Waals surface area contributed by atoms with Crippen LogP contribution < -0.4 is 5.32 Å². The van der Waals surface area contributed by atoms with Gasteiger partial charge in [0.1, 0.15) is 0 Å². The van der Waals surface area contributed by atoms with Gasteiger partial charge in [-0.25, -0.2) is 0 Å². The van der Waals surface area contributed by atoms with Crippen molar-refractivity contribution in [3.05, 3.63) is 24.0 Å². The molecule has 0 aromatic carbocycles. The van der Waals surface area contributed by atoms with E-state index < -0.39 is 0 Å². The largest absolute Gasteiger partial charge is 0.378 e. The molecule has 1 saturated heterocycles. The smallest absolute Gasteiger partial charge is 0.0713 e. The van der Waals surface area contributed by atoms with Gasteiger partial charge in [-0.1, -0.05) is 0 Å². The molecule has 12 heavy (non-hydrogen) atoms. The maximum Gasteiger partial charge on any atom is 0.0713 e. The molecule has 3 nitrogen and oxygen atoms in total. The Kier molecular flexibility index (Phi) is 2.15. The van der Waals surface area contributed by atoms with Gasteiger partial charge < -0.3 is 14.6 Å². The van der Waals surface area contributed by atoms with Gasteiger partial charge in [0.2, 0.25) is 0 Å². The second-order valence-electron chi connectivity index (χ2n) is 3.13. The van der Waals surface area contributed by atoms with Crippen LogP contribution in [0.15, 0.2) is 18.3 Å². The lowest BCUT2D eigenvalue weighted by atomic mass is 10.2. The average molecular weight is 166 g/mol. The Labute approximate surface area is 72.3 Å². The summed E-state index contributed by atoms with van der Waals surface area (Å²) in [5.41, 5.74) is 1.30. The van der Waals surface area contributed by atoms with E-state index >= 15 is 0 Å². The summed E-state index contributed by atoms with van der Waals surface area (Å²) in [5, 5.41) is 3.42. The number of nitrogens with one attached hydrogen (secondary N) is 1. The fourth-order valence-electron chi connectivity index (χ4n) is 1.59. The predicted molar refractivity (Wildman–Crippen MR) is 47.0 cm³/mol. The Hall–Kier alpha value is -0.800. The molecule has 0 aliphatic carbocycles. The van der Waals surface area contributed by atoms with E-state index in [0.29, 0.717) is 6.04 Å². The fourth-order valence-corrected chi connectivity index (χ4v) is 1.59. The lowest BCUT2D eigenvalue weighted by molar-refractivity contribution is 0.0747. The minimum Gasteiger partial charge on any atom is -0.378 e. The molecular weight excluding hydrogens is 152 g/mol. The first kappa shape index (κ1) is 7.83. The third kappa shape index (κ3) is 1.38. The quantitative estimate of drug-likeness (QED) is 0.664. The van der Waals surface area contributed by atoms with Crippen LogP contribution in [0.5, 0.6) is 0 Å². The second-order valence-corrected chi connectivity index (χ2v) is 3.13. The molecule has 2 heterocycles. The third-order valence-electron chi connectivity index (χ3n) is 2.26. The third-order valence-corrected chi connectivity index (χ3v) is 2.26. The number of morpholine rings is 1. The Morgan fingerprint density at radius 1 is 1.67 bits per heavy atom. The Balaban J connectivity index is 2.13. The normalized spacial score (nSPS) is 24.2. The van der Waals surface area contributed by atoms with Gasteiger partial charge in [0.25, 0.3) is 0 Å². The van der Waals surface area contributed by atoms with Gasteiger partial charge in [0.05, 0.1) is 19.3 Å². The van der Waals surface area contributed by atoms with Crippen molar-refractivity contribution in [2.75, 3.05) is 19.8 Å². The molecule has 1 aromatic rings. The van der Waals surface area contributed by atoms with E-state index in [1.54, 1.807) is 0 Å². The van der Waals surface area contributed by atoms with Gasteiger partial charge in [-0.05, 0) is 12.1 Å².